The topological polar surface area (TPSA) is 25.2 Å². The van der Waals surface area contributed by atoms with Gasteiger partial charge in [-0.2, -0.15) is 13.2 Å². The van der Waals surface area contributed by atoms with E-state index in [0.29, 0.717) is 6.54 Å². The summed E-state index contributed by atoms with van der Waals surface area (Å²) in [6.07, 6.45) is -4.29. The van der Waals surface area contributed by atoms with E-state index in [1.165, 1.54) is 12.1 Å². The van der Waals surface area contributed by atoms with Crippen LogP contribution in [0.25, 0.3) is 0 Å². The maximum Gasteiger partial charge on any atom is 0.416 e. The number of aryl methyl sites for hydroxylation is 2. The lowest BCUT2D eigenvalue weighted by Gasteiger charge is -2.14. The maximum atomic E-state index is 12.5. The van der Waals surface area contributed by atoms with Crippen molar-refractivity contribution >= 4 is 0 Å². The van der Waals surface area contributed by atoms with Gasteiger partial charge in [0.25, 0.3) is 0 Å². The molecule has 0 bridgehead atoms. The van der Waals surface area contributed by atoms with E-state index in [0.717, 1.165) is 34.8 Å². The first-order valence-corrected chi connectivity index (χ1v) is 6.74. The number of nitrogens with one attached hydrogen (secondary N) is 1. The summed E-state index contributed by atoms with van der Waals surface area (Å²) in [5.41, 5.74) is 1.26. The van der Waals surface area contributed by atoms with Gasteiger partial charge in [-0.15, -0.1) is 0 Å². The van der Waals surface area contributed by atoms with Crippen LogP contribution in [0.5, 0.6) is 0 Å². The van der Waals surface area contributed by atoms with E-state index in [4.69, 9.17) is 4.42 Å². The Bertz CT molecular complexity index is 599. The van der Waals surface area contributed by atoms with Crippen molar-refractivity contribution in [1.29, 1.82) is 0 Å². The van der Waals surface area contributed by atoms with Crippen LogP contribution in [0.3, 0.4) is 0 Å². The maximum absolute atomic E-state index is 12.5. The molecule has 2 aromatic rings. The summed E-state index contributed by atoms with van der Waals surface area (Å²) >= 11 is 0. The van der Waals surface area contributed by atoms with Gasteiger partial charge in [0.1, 0.15) is 11.5 Å². The molecule has 0 aliphatic heterocycles. The highest BCUT2D eigenvalue weighted by Gasteiger charge is 2.29. The van der Waals surface area contributed by atoms with Gasteiger partial charge >= 0.3 is 6.18 Å². The molecule has 0 saturated heterocycles. The van der Waals surface area contributed by atoms with E-state index < -0.39 is 11.7 Å². The standard InChI is InChI=1S/C16H18F3NO/c1-10-8-15(12(3)21-10)11(2)20-9-13-4-6-14(7-5-13)16(17,18)19/h4-8,11,20H,9H2,1-3H3. The number of benzene rings is 1. The van der Waals surface area contributed by atoms with Crippen LogP contribution in [-0.4, -0.2) is 0 Å². The number of alkyl halides is 3. The van der Waals surface area contributed by atoms with Crippen LogP contribution in [0.1, 0.15) is 41.2 Å². The fourth-order valence-corrected chi connectivity index (χ4v) is 2.27. The largest absolute Gasteiger partial charge is 0.466 e. The summed E-state index contributed by atoms with van der Waals surface area (Å²) in [7, 11) is 0. The van der Waals surface area contributed by atoms with Crippen molar-refractivity contribution in [1.82, 2.24) is 5.32 Å². The van der Waals surface area contributed by atoms with E-state index in [1.54, 1.807) is 0 Å². The second kappa shape index (κ2) is 5.93. The molecule has 1 N–H and O–H groups in total. The molecule has 0 saturated carbocycles. The minimum Gasteiger partial charge on any atom is -0.466 e. The zero-order valence-electron chi connectivity index (χ0n) is 12.2. The number of rotatable bonds is 4. The predicted octanol–water partition coefficient (Wildman–Crippen LogP) is 4.77. The highest BCUT2D eigenvalue weighted by molar-refractivity contribution is 5.26. The van der Waals surface area contributed by atoms with Crippen LogP contribution in [-0.2, 0) is 12.7 Å². The van der Waals surface area contributed by atoms with Gasteiger partial charge in [0.05, 0.1) is 5.56 Å². The first-order valence-electron chi connectivity index (χ1n) is 6.74. The highest BCUT2D eigenvalue weighted by atomic mass is 19.4. The lowest BCUT2D eigenvalue weighted by atomic mass is 10.1. The van der Waals surface area contributed by atoms with Gasteiger partial charge in [-0.25, -0.2) is 0 Å². The van der Waals surface area contributed by atoms with Gasteiger partial charge < -0.3 is 9.73 Å². The summed E-state index contributed by atoms with van der Waals surface area (Å²) in [6, 6.07) is 7.25. The number of hydrogen-bond donors (Lipinski definition) is 1. The second-order valence-electron chi connectivity index (χ2n) is 5.17. The molecule has 0 amide bonds. The van der Waals surface area contributed by atoms with Crippen molar-refractivity contribution in [2.24, 2.45) is 0 Å². The van der Waals surface area contributed by atoms with Crippen molar-refractivity contribution in [2.45, 2.75) is 39.5 Å². The second-order valence-corrected chi connectivity index (χ2v) is 5.17. The SMILES string of the molecule is Cc1cc(C(C)NCc2ccc(C(F)(F)F)cc2)c(C)o1. The van der Waals surface area contributed by atoms with Gasteiger partial charge in [0, 0.05) is 18.2 Å². The van der Waals surface area contributed by atoms with E-state index in [2.05, 4.69) is 5.32 Å². The minimum atomic E-state index is -4.29. The molecule has 1 heterocycles. The molecule has 21 heavy (non-hydrogen) atoms. The van der Waals surface area contributed by atoms with Crippen LogP contribution in [0, 0.1) is 13.8 Å². The lowest BCUT2D eigenvalue weighted by Crippen LogP contribution is -2.18. The van der Waals surface area contributed by atoms with Crippen LogP contribution in [0.15, 0.2) is 34.7 Å². The Kier molecular flexibility index (Phi) is 4.42. The van der Waals surface area contributed by atoms with Crippen molar-refractivity contribution in [3.63, 3.8) is 0 Å². The molecule has 5 heteroatoms. The van der Waals surface area contributed by atoms with Crippen molar-refractivity contribution in [2.75, 3.05) is 0 Å². The summed E-state index contributed by atoms with van der Waals surface area (Å²) < 4.78 is 42.9. The van der Waals surface area contributed by atoms with Crippen LogP contribution in [0.4, 0.5) is 13.2 Å². The predicted molar refractivity (Wildman–Crippen MR) is 74.9 cm³/mol. The van der Waals surface area contributed by atoms with Gasteiger partial charge in [0.2, 0.25) is 0 Å². The summed E-state index contributed by atoms with van der Waals surface area (Å²) in [5, 5.41) is 3.29. The number of hydrogen-bond acceptors (Lipinski definition) is 2. The molecular weight excluding hydrogens is 279 g/mol. The molecule has 0 aliphatic rings. The average molecular weight is 297 g/mol. The van der Waals surface area contributed by atoms with E-state index in [9.17, 15) is 13.2 Å². The van der Waals surface area contributed by atoms with Gasteiger partial charge in [0.15, 0.2) is 0 Å². The third kappa shape index (κ3) is 3.88. The highest BCUT2D eigenvalue weighted by Crippen LogP contribution is 2.29. The molecule has 0 radical (unpaired) electrons. The lowest BCUT2D eigenvalue weighted by molar-refractivity contribution is -0.137. The van der Waals surface area contributed by atoms with Crippen LogP contribution in [0.2, 0.25) is 0 Å². The average Bonchev–Trinajstić information content (AvgIpc) is 2.74. The molecular formula is C16H18F3NO. The number of halogens is 3. The third-order valence-corrected chi connectivity index (χ3v) is 3.44. The van der Waals surface area contributed by atoms with E-state index in [-0.39, 0.29) is 6.04 Å². The Morgan fingerprint density at radius 3 is 2.24 bits per heavy atom. The zero-order valence-corrected chi connectivity index (χ0v) is 12.2. The molecule has 2 nitrogen and oxygen atoms in total. The first-order chi connectivity index (χ1) is 9.77. The molecule has 114 valence electrons. The Balaban J connectivity index is 1.98. The van der Waals surface area contributed by atoms with Gasteiger partial charge in [-0.3, -0.25) is 0 Å². The monoisotopic (exact) mass is 297 g/mol. The summed E-state index contributed by atoms with van der Waals surface area (Å²) in [6.45, 7) is 6.29. The number of furan rings is 1. The molecule has 1 atom stereocenters. The minimum absolute atomic E-state index is 0.0738. The summed E-state index contributed by atoms with van der Waals surface area (Å²) in [4.78, 5) is 0. The quantitative estimate of drug-likeness (QED) is 0.879. The van der Waals surface area contributed by atoms with Crippen molar-refractivity contribution in [3.8, 4) is 0 Å². The van der Waals surface area contributed by atoms with E-state index >= 15 is 0 Å². The molecule has 0 aliphatic carbocycles. The Morgan fingerprint density at radius 1 is 1.14 bits per heavy atom. The normalized spacial score (nSPS) is 13.4. The smallest absolute Gasteiger partial charge is 0.416 e. The first kappa shape index (κ1) is 15.6. The van der Waals surface area contributed by atoms with Crippen LogP contribution >= 0.6 is 0 Å². The third-order valence-electron chi connectivity index (χ3n) is 3.44. The fraction of sp³-hybridized carbons (Fsp3) is 0.375. The Morgan fingerprint density at radius 2 is 1.76 bits per heavy atom. The van der Waals surface area contributed by atoms with E-state index in [1.807, 2.05) is 26.8 Å². The van der Waals surface area contributed by atoms with Gasteiger partial charge in [-0.05, 0) is 44.5 Å². The van der Waals surface area contributed by atoms with Crippen LogP contribution < -0.4 is 5.32 Å². The molecule has 0 spiro atoms. The molecule has 1 aromatic heterocycles. The van der Waals surface area contributed by atoms with Crippen molar-refractivity contribution in [3.05, 3.63) is 58.5 Å². The molecule has 0 fully saturated rings. The zero-order chi connectivity index (χ0) is 15.6. The Labute approximate surface area is 122 Å². The molecule has 1 aromatic carbocycles. The van der Waals surface area contributed by atoms with Crippen molar-refractivity contribution < 1.29 is 17.6 Å². The molecule has 1 unspecified atom stereocenters. The summed E-state index contributed by atoms with van der Waals surface area (Å²) in [5.74, 6) is 1.71. The Hall–Kier alpha value is -1.75. The fourth-order valence-electron chi connectivity index (χ4n) is 2.27. The van der Waals surface area contributed by atoms with Gasteiger partial charge in [-0.1, -0.05) is 12.1 Å². The molecule has 2 rings (SSSR count).